The number of benzene rings is 1. The van der Waals surface area contributed by atoms with Crippen LogP contribution in [0.5, 0.6) is 0 Å². The molecule has 1 aliphatic heterocycles. The van der Waals surface area contributed by atoms with E-state index in [-0.39, 0.29) is 11.5 Å². The molecule has 1 heterocycles. The Bertz CT molecular complexity index is 635. The van der Waals surface area contributed by atoms with Gasteiger partial charge in [0.15, 0.2) is 0 Å². The lowest BCUT2D eigenvalue weighted by atomic mass is 10.0. The standard InChI is InChI=1S/C20H27N3O/c1-4-16-10-8-11-17(5-2)19(16)22-20(24)18(13-21)14-23-12-7-6-9-15(23)3/h8,10-11,14-15H,4-7,9,12H2,1-3H3,(H,22,24)/b18-14-. The molecule has 0 radical (unpaired) electrons. The molecule has 1 aromatic rings. The number of anilines is 1. The smallest absolute Gasteiger partial charge is 0.267 e. The summed E-state index contributed by atoms with van der Waals surface area (Å²) in [6, 6.07) is 8.52. The van der Waals surface area contributed by atoms with Gasteiger partial charge in [0.1, 0.15) is 11.6 Å². The largest absolute Gasteiger partial charge is 0.373 e. The lowest BCUT2D eigenvalue weighted by Crippen LogP contribution is -2.34. The normalized spacial score (nSPS) is 18.2. The van der Waals surface area contributed by atoms with E-state index in [2.05, 4.69) is 37.1 Å². The summed E-state index contributed by atoms with van der Waals surface area (Å²) in [7, 11) is 0. The first-order valence-electron chi connectivity index (χ1n) is 8.90. The number of rotatable bonds is 5. The molecule has 1 N–H and O–H groups in total. The van der Waals surface area contributed by atoms with Crippen LogP contribution in [0.25, 0.3) is 0 Å². The number of likely N-dealkylation sites (tertiary alicyclic amines) is 1. The molecule has 24 heavy (non-hydrogen) atoms. The highest BCUT2D eigenvalue weighted by Crippen LogP contribution is 2.24. The number of amides is 1. The molecule has 2 rings (SSSR count). The van der Waals surface area contributed by atoms with Gasteiger partial charge in [-0.1, -0.05) is 32.0 Å². The molecule has 0 bridgehead atoms. The number of aryl methyl sites for hydroxylation is 2. The summed E-state index contributed by atoms with van der Waals surface area (Å²) in [5.74, 6) is -0.314. The first kappa shape index (κ1) is 18.1. The Balaban J connectivity index is 2.23. The van der Waals surface area contributed by atoms with E-state index < -0.39 is 0 Å². The van der Waals surface area contributed by atoms with E-state index in [4.69, 9.17) is 0 Å². The number of hydrogen-bond donors (Lipinski definition) is 1. The number of para-hydroxylation sites is 1. The quantitative estimate of drug-likeness (QED) is 0.657. The Morgan fingerprint density at radius 1 is 1.33 bits per heavy atom. The van der Waals surface area contributed by atoms with Gasteiger partial charge in [0.2, 0.25) is 0 Å². The lowest BCUT2D eigenvalue weighted by molar-refractivity contribution is -0.112. The van der Waals surface area contributed by atoms with Gasteiger partial charge in [0.25, 0.3) is 5.91 Å². The number of hydrogen-bond acceptors (Lipinski definition) is 3. The molecule has 1 unspecified atom stereocenters. The maximum Gasteiger partial charge on any atom is 0.267 e. The summed E-state index contributed by atoms with van der Waals surface area (Å²) in [5, 5.41) is 12.4. The molecular formula is C20H27N3O. The maximum atomic E-state index is 12.6. The van der Waals surface area contributed by atoms with Crippen molar-refractivity contribution in [3.8, 4) is 6.07 Å². The topological polar surface area (TPSA) is 56.1 Å². The van der Waals surface area contributed by atoms with Crippen molar-refractivity contribution in [2.75, 3.05) is 11.9 Å². The highest BCUT2D eigenvalue weighted by molar-refractivity contribution is 6.07. The van der Waals surface area contributed by atoms with Gasteiger partial charge in [-0.05, 0) is 50.2 Å². The SMILES string of the molecule is CCc1cccc(CC)c1NC(=O)/C(C#N)=C\N1CCCCC1C. The third kappa shape index (κ3) is 4.17. The Labute approximate surface area is 145 Å². The van der Waals surface area contributed by atoms with Crippen LogP contribution in [0.1, 0.15) is 51.2 Å². The minimum absolute atomic E-state index is 0.178. The summed E-state index contributed by atoms with van der Waals surface area (Å²) in [6.45, 7) is 7.19. The van der Waals surface area contributed by atoms with Crippen molar-refractivity contribution in [2.24, 2.45) is 0 Å². The number of nitrogens with zero attached hydrogens (tertiary/aromatic N) is 2. The zero-order valence-electron chi connectivity index (χ0n) is 14.9. The Morgan fingerprint density at radius 2 is 2.00 bits per heavy atom. The van der Waals surface area contributed by atoms with E-state index in [0.717, 1.165) is 49.0 Å². The second kappa shape index (κ2) is 8.54. The van der Waals surface area contributed by atoms with Crippen LogP contribution in [0.3, 0.4) is 0 Å². The van der Waals surface area contributed by atoms with E-state index in [1.165, 1.54) is 6.42 Å². The van der Waals surface area contributed by atoms with Gasteiger partial charge in [-0.25, -0.2) is 0 Å². The summed E-state index contributed by atoms with van der Waals surface area (Å²) in [6.07, 6.45) is 6.86. The van der Waals surface area contributed by atoms with Crippen molar-refractivity contribution in [3.05, 3.63) is 41.1 Å². The predicted molar refractivity (Wildman–Crippen MR) is 97.5 cm³/mol. The van der Waals surface area contributed by atoms with Crippen molar-refractivity contribution >= 4 is 11.6 Å². The molecule has 1 atom stereocenters. The summed E-state index contributed by atoms with van der Waals surface area (Å²) < 4.78 is 0. The van der Waals surface area contributed by atoms with Crippen molar-refractivity contribution < 1.29 is 4.79 Å². The fourth-order valence-corrected chi connectivity index (χ4v) is 3.20. The Hall–Kier alpha value is -2.28. The van der Waals surface area contributed by atoms with Crippen LogP contribution in [0.4, 0.5) is 5.69 Å². The number of piperidine rings is 1. The van der Waals surface area contributed by atoms with Gasteiger partial charge in [0, 0.05) is 24.5 Å². The number of carbonyl (C=O) groups excluding carboxylic acids is 1. The third-order valence-corrected chi connectivity index (χ3v) is 4.75. The number of nitriles is 1. The second-order valence-corrected chi connectivity index (χ2v) is 6.35. The van der Waals surface area contributed by atoms with E-state index >= 15 is 0 Å². The molecule has 1 aromatic carbocycles. The zero-order valence-corrected chi connectivity index (χ0v) is 14.9. The zero-order chi connectivity index (χ0) is 17.5. The van der Waals surface area contributed by atoms with E-state index in [1.54, 1.807) is 6.20 Å². The summed E-state index contributed by atoms with van der Waals surface area (Å²) >= 11 is 0. The van der Waals surface area contributed by atoms with Crippen LogP contribution in [-0.4, -0.2) is 23.4 Å². The minimum Gasteiger partial charge on any atom is -0.373 e. The fraction of sp³-hybridized carbons (Fsp3) is 0.500. The molecule has 0 spiro atoms. The van der Waals surface area contributed by atoms with Crippen molar-refractivity contribution in [1.29, 1.82) is 5.26 Å². The van der Waals surface area contributed by atoms with Crippen molar-refractivity contribution in [2.45, 2.75) is 58.9 Å². The van der Waals surface area contributed by atoms with Gasteiger partial charge in [0.05, 0.1) is 0 Å². The Kier molecular flexibility index (Phi) is 6.43. The van der Waals surface area contributed by atoms with Crippen LogP contribution in [0.15, 0.2) is 30.0 Å². The second-order valence-electron chi connectivity index (χ2n) is 6.35. The number of nitrogens with one attached hydrogen (secondary N) is 1. The molecule has 1 aliphatic rings. The molecule has 128 valence electrons. The van der Waals surface area contributed by atoms with Crippen LogP contribution < -0.4 is 5.32 Å². The molecular weight excluding hydrogens is 298 g/mol. The van der Waals surface area contributed by atoms with Gasteiger partial charge >= 0.3 is 0 Å². The summed E-state index contributed by atoms with van der Waals surface area (Å²) in [5.41, 5.74) is 3.25. The van der Waals surface area contributed by atoms with E-state index in [0.29, 0.717) is 6.04 Å². The minimum atomic E-state index is -0.314. The average Bonchev–Trinajstić information content (AvgIpc) is 2.61. The van der Waals surface area contributed by atoms with Gasteiger partial charge < -0.3 is 10.2 Å². The van der Waals surface area contributed by atoms with Crippen LogP contribution in [-0.2, 0) is 17.6 Å². The van der Waals surface area contributed by atoms with Gasteiger partial charge in [-0.3, -0.25) is 4.79 Å². The molecule has 1 fully saturated rings. The third-order valence-electron chi connectivity index (χ3n) is 4.75. The molecule has 0 saturated carbocycles. The van der Waals surface area contributed by atoms with E-state index in [9.17, 15) is 10.1 Å². The molecule has 4 nitrogen and oxygen atoms in total. The van der Waals surface area contributed by atoms with Gasteiger partial charge in [-0.15, -0.1) is 0 Å². The number of carbonyl (C=O) groups is 1. The van der Waals surface area contributed by atoms with Crippen LogP contribution >= 0.6 is 0 Å². The van der Waals surface area contributed by atoms with E-state index in [1.807, 2.05) is 18.2 Å². The maximum absolute atomic E-state index is 12.6. The van der Waals surface area contributed by atoms with Crippen molar-refractivity contribution in [3.63, 3.8) is 0 Å². The van der Waals surface area contributed by atoms with Gasteiger partial charge in [-0.2, -0.15) is 5.26 Å². The first-order valence-corrected chi connectivity index (χ1v) is 8.90. The molecule has 4 heteroatoms. The summed E-state index contributed by atoms with van der Waals surface area (Å²) in [4.78, 5) is 14.8. The lowest BCUT2D eigenvalue weighted by Gasteiger charge is -2.32. The monoisotopic (exact) mass is 325 g/mol. The predicted octanol–water partition coefficient (Wildman–Crippen LogP) is 4.03. The fourth-order valence-electron chi connectivity index (χ4n) is 3.20. The molecule has 0 aromatic heterocycles. The molecule has 0 aliphatic carbocycles. The molecule has 1 saturated heterocycles. The van der Waals surface area contributed by atoms with Crippen molar-refractivity contribution in [1.82, 2.24) is 4.90 Å². The van der Waals surface area contributed by atoms with Crippen LogP contribution in [0, 0.1) is 11.3 Å². The average molecular weight is 325 g/mol. The Morgan fingerprint density at radius 3 is 2.54 bits per heavy atom. The molecule has 1 amide bonds. The van der Waals surface area contributed by atoms with Crippen LogP contribution in [0.2, 0.25) is 0 Å². The highest BCUT2D eigenvalue weighted by Gasteiger charge is 2.19. The first-order chi connectivity index (χ1) is 11.6. The highest BCUT2D eigenvalue weighted by atomic mass is 16.1.